The van der Waals surface area contributed by atoms with E-state index in [2.05, 4.69) is 33.3 Å². The molecule has 7 heteroatoms. The fourth-order valence-corrected chi connectivity index (χ4v) is 3.88. The highest BCUT2D eigenvalue weighted by Gasteiger charge is 2.25. The van der Waals surface area contributed by atoms with Crippen LogP contribution < -0.4 is 0 Å². The lowest BCUT2D eigenvalue weighted by Gasteiger charge is -2.31. The lowest BCUT2D eigenvalue weighted by atomic mass is 10.1. The van der Waals surface area contributed by atoms with Gasteiger partial charge < -0.3 is 9.64 Å². The maximum absolute atomic E-state index is 11.1. The molecule has 31 heavy (non-hydrogen) atoms. The fraction of sp³-hybridized carbons (Fsp3) is 0.250. The number of nitro benzene ring substituents is 1. The lowest BCUT2D eigenvalue weighted by molar-refractivity contribution is -0.385. The van der Waals surface area contributed by atoms with Gasteiger partial charge in [-0.15, -0.1) is 0 Å². The van der Waals surface area contributed by atoms with Crippen LogP contribution in [0.25, 0.3) is 6.08 Å². The molecule has 0 atom stereocenters. The topological polar surface area (TPSA) is 80.3 Å². The first-order valence-electron chi connectivity index (χ1n) is 10.3. The molecule has 0 amide bonds. The minimum Gasteiger partial charge on any atom is -0.378 e. The van der Waals surface area contributed by atoms with Crippen molar-refractivity contribution in [2.75, 3.05) is 26.3 Å². The Balaban J connectivity index is 1.60. The van der Waals surface area contributed by atoms with Crippen molar-refractivity contribution in [1.82, 2.24) is 4.90 Å². The number of rotatable bonds is 6. The van der Waals surface area contributed by atoms with Crippen LogP contribution in [0.5, 0.6) is 0 Å². The van der Waals surface area contributed by atoms with Crippen molar-refractivity contribution in [2.45, 2.75) is 12.8 Å². The van der Waals surface area contributed by atoms with Crippen molar-refractivity contribution in [1.29, 1.82) is 0 Å². The van der Waals surface area contributed by atoms with Gasteiger partial charge in [0.25, 0.3) is 5.69 Å². The van der Waals surface area contributed by atoms with Gasteiger partial charge in [0.05, 0.1) is 36.1 Å². The molecule has 2 aromatic carbocycles. The van der Waals surface area contributed by atoms with E-state index >= 15 is 0 Å². The highest BCUT2D eigenvalue weighted by molar-refractivity contribution is 5.87. The number of allylic oxidation sites excluding steroid dienone is 2. The third kappa shape index (κ3) is 5.13. The zero-order chi connectivity index (χ0) is 21.5. The van der Waals surface area contributed by atoms with Crippen LogP contribution in [-0.2, 0) is 4.74 Å². The predicted molar refractivity (Wildman–Crippen MR) is 122 cm³/mol. The van der Waals surface area contributed by atoms with Crippen LogP contribution in [0.4, 0.5) is 5.69 Å². The van der Waals surface area contributed by atoms with Crippen LogP contribution in [0.3, 0.4) is 0 Å². The van der Waals surface area contributed by atoms with Gasteiger partial charge in [0.2, 0.25) is 0 Å². The molecule has 0 radical (unpaired) electrons. The average molecular weight is 416 g/mol. The minimum absolute atomic E-state index is 0.0172. The normalized spacial score (nSPS) is 18.6. The van der Waals surface area contributed by atoms with Gasteiger partial charge in [-0.3, -0.25) is 10.1 Å². The molecule has 2 aromatic rings. The first-order chi connectivity index (χ1) is 15.2. The molecule has 158 valence electrons. The van der Waals surface area contributed by atoms with Crippen LogP contribution in [0.15, 0.2) is 81.6 Å². The van der Waals surface area contributed by atoms with Crippen molar-refractivity contribution in [3.8, 4) is 0 Å². The second-order valence-corrected chi connectivity index (χ2v) is 7.36. The molecule has 1 aliphatic heterocycles. The molecule has 0 spiro atoms. The van der Waals surface area contributed by atoms with E-state index in [1.54, 1.807) is 24.4 Å². The molecule has 0 N–H and O–H groups in total. The Morgan fingerprint density at radius 1 is 0.935 bits per heavy atom. The zero-order valence-corrected chi connectivity index (χ0v) is 17.2. The smallest absolute Gasteiger partial charge is 0.278 e. The Bertz CT molecular complexity index is 1050. The van der Waals surface area contributed by atoms with Gasteiger partial charge in [-0.25, -0.2) is 0 Å². The number of hydrogen-bond acceptors (Lipinski definition) is 6. The third-order valence-corrected chi connectivity index (χ3v) is 5.35. The summed E-state index contributed by atoms with van der Waals surface area (Å²) in [5, 5.41) is 19.4. The van der Waals surface area contributed by atoms with Gasteiger partial charge in [0, 0.05) is 24.9 Å². The summed E-state index contributed by atoms with van der Waals surface area (Å²) < 4.78 is 5.53. The van der Waals surface area contributed by atoms with Crippen LogP contribution in [0.1, 0.15) is 24.0 Å². The predicted octanol–water partition coefficient (Wildman–Crippen LogP) is 4.46. The molecule has 0 bridgehead atoms. The van der Waals surface area contributed by atoms with Crippen LogP contribution >= 0.6 is 0 Å². The Hall–Kier alpha value is -3.58. The van der Waals surface area contributed by atoms with Gasteiger partial charge in [-0.2, -0.15) is 10.2 Å². The van der Waals surface area contributed by atoms with E-state index in [1.807, 2.05) is 18.2 Å². The molecule has 0 saturated carbocycles. The first-order valence-corrected chi connectivity index (χ1v) is 10.3. The van der Waals surface area contributed by atoms with Gasteiger partial charge in [0.1, 0.15) is 0 Å². The summed E-state index contributed by atoms with van der Waals surface area (Å²) in [4.78, 5) is 13.1. The van der Waals surface area contributed by atoms with Crippen molar-refractivity contribution >= 4 is 24.2 Å². The maximum Gasteiger partial charge on any atom is 0.278 e. The fourth-order valence-electron chi connectivity index (χ4n) is 3.88. The number of morpholine rings is 1. The Kier molecular flexibility index (Phi) is 6.64. The summed E-state index contributed by atoms with van der Waals surface area (Å²) in [6.45, 7) is 3.11. The number of nitrogens with zero attached hydrogens (tertiary/aromatic N) is 4. The molecule has 1 aliphatic carbocycles. The molecule has 1 heterocycles. The largest absolute Gasteiger partial charge is 0.378 e. The first kappa shape index (κ1) is 20.7. The minimum atomic E-state index is -0.415. The second kappa shape index (κ2) is 9.95. The van der Waals surface area contributed by atoms with E-state index in [0.717, 1.165) is 31.5 Å². The molecule has 2 aliphatic rings. The molecule has 1 saturated heterocycles. The molecular weight excluding hydrogens is 392 g/mol. The number of benzene rings is 2. The van der Waals surface area contributed by atoms with Gasteiger partial charge >= 0.3 is 0 Å². The summed E-state index contributed by atoms with van der Waals surface area (Å²) in [6, 6.07) is 16.8. The van der Waals surface area contributed by atoms with E-state index in [-0.39, 0.29) is 5.69 Å². The summed E-state index contributed by atoms with van der Waals surface area (Å²) in [5.41, 5.74) is 5.25. The van der Waals surface area contributed by atoms with Crippen LogP contribution in [0, 0.1) is 10.1 Å². The van der Waals surface area contributed by atoms with Gasteiger partial charge in [0.15, 0.2) is 0 Å². The van der Waals surface area contributed by atoms with E-state index < -0.39 is 4.92 Å². The Morgan fingerprint density at radius 2 is 1.65 bits per heavy atom. The average Bonchev–Trinajstić information content (AvgIpc) is 3.20. The van der Waals surface area contributed by atoms with Crippen LogP contribution in [0.2, 0.25) is 0 Å². The molecular formula is C24H24N4O3. The number of hydrogen-bond donors (Lipinski definition) is 0. The number of ether oxygens (including phenoxy) is 1. The van der Waals surface area contributed by atoms with E-state index in [4.69, 9.17) is 4.74 Å². The van der Waals surface area contributed by atoms with E-state index in [1.165, 1.54) is 29.1 Å². The standard InChI is InChI=1S/C24H24N4O3/c29-28(30)23-9-5-4-8-21(23)17-25-26-18-22-11-10-20(16-19-6-2-1-3-7-19)24(22)27-12-14-31-15-13-27/h1-9,16-18H,10-15H2/b20-16+,25-17+,26-18+. The van der Waals surface area contributed by atoms with E-state index in [0.29, 0.717) is 18.8 Å². The summed E-state index contributed by atoms with van der Waals surface area (Å²) in [6.07, 6.45) is 7.27. The van der Waals surface area contributed by atoms with Gasteiger partial charge in [-0.1, -0.05) is 42.5 Å². The zero-order valence-electron chi connectivity index (χ0n) is 17.2. The maximum atomic E-state index is 11.1. The highest BCUT2D eigenvalue weighted by Crippen LogP contribution is 2.35. The number of nitro groups is 1. The molecule has 0 unspecified atom stereocenters. The molecule has 0 aromatic heterocycles. The Morgan fingerprint density at radius 3 is 2.42 bits per heavy atom. The molecule has 1 fully saturated rings. The van der Waals surface area contributed by atoms with Crippen molar-refractivity contribution < 1.29 is 9.66 Å². The highest BCUT2D eigenvalue weighted by atomic mass is 16.6. The SMILES string of the molecule is O=[N+]([O-])c1ccccc1/C=N/N=C/C1=C(N2CCOCC2)C(=C/c2ccccc2)/CC1. The molecule has 4 rings (SSSR count). The second-order valence-electron chi connectivity index (χ2n) is 7.36. The molecule has 7 nitrogen and oxygen atoms in total. The summed E-state index contributed by atoms with van der Waals surface area (Å²) >= 11 is 0. The van der Waals surface area contributed by atoms with E-state index in [9.17, 15) is 10.1 Å². The number of para-hydroxylation sites is 1. The van der Waals surface area contributed by atoms with Crippen molar-refractivity contribution in [2.24, 2.45) is 10.2 Å². The van der Waals surface area contributed by atoms with Crippen molar-refractivity contribution in [3.63, 3.8) is 0 Å². The summed E-state index contributed by atoms with van der Waals surface area (Å²) in [7, 11) is 0. The van der Waals surface area contributed by atoms with Crippen molar-refractivity contribution in [3.05, 3.63) is 92.7 Å². The van der Waals surface area contributed by atoms with Crippen LogP contribution in [-0.4, -0.2) is 48.6 Å². The quantitative estimate of drug-likeness (QED) is 0.395. The Labute approximate surface area is 181 Å². The summed E-state index contributed by atoms with van der Waals surface area (Å²) in [5.74, 6) is 0. The van der Waals surface area contributed by atoms with Gasteiger partial charge in [-0.05, 0) is 41.7 Å². The lowest BCUT2D eigenvalue weighted by Crippen LogP contribution is -2.36. The third-order valence-electron chi connectivity index (χ3n) is 5.35. The monoisotopic (exact) mass is 416 g/mol.